The molecule has 0 radical (unpaired) electrons. The van der Waals surface area contributed by atoms with Crippen molar-refractivity contribution in [3.8, 4) is 5.75 Å². The second-order valence-corrected chi connectivity index (χ2v) is 5.15. The second kappa shape index (κ2) is 8.36. The number of benzene rings is 1. The third-order valence-electron chi connectivity index (χ3n) is 2.19. The van der Waals surface area contributed by atoms with Crippen LogP contribution in [0.3, 0.4) is 0 Å². The van der Waals surface area contributed by atoms with Crippen molar-refractivity contribution in [3.63, 3.8) is 0 Å². The van der Waals surface area contributed by atoms with Crippen molar-refractivity contribution in [1.82, 2.24) is 0 Å². The summed E-state index contributed by atoms with van der Waals surface area (Å²) in [5.74, 6) is -0.724. The van der Waals surface area contributed by atoms with Crippen molar-refractivity contribution < 1.29 is 29.1 Å². The number of halogens is 1. The third kappa shape index (κ3) is 4.86. The van der Waals surface area contributed by atoms with Gasteiger partial charge in [-0.15, -0.1) is 4.33 Å². The molecule has 8 nitrogen and oxygen atoms in total. The molecule has 0 spiro atoms. The van der Waals surface area contributed by atoms with Gasteiger partial charge in [0.05, 0.1) is 16.5 Å². The Morgan fingerprint density at radius 1 is 1.60 bits per heavy atom. The van der Waals surface area contributed by atoms with E-state index in [1.807, 2.05) is 0 Å². The van der Waals surface area contributed by atoms with Crippen LogP contribution in [-0.2, 0) is 14.2 Å². The van der Waals surface area contributed by atoms with Gasteiger partial charge >= 0.3 is 12.0 Å². The lowest BCUT2D eigenvalue weighted by molar-refractivity contribution is -0.503. The highest BCUT2D eigenvalue weighted by atomic mass is 127. The number of hydrogen-bond acceptors (Lipinski definition) is 8. The van der Waals surface area contributed by atoms with Crippen LogP contribution in [0.25, 0.3) is 0 Å². The van der Waals surface area contributed by atoms with Crippen molar-refractivity contribution >= 4 is 40.6 Å². The first-order valence-electron chi connectivity index (χ1n) is 5.16. The van der Waals surface area contributed by atoms with E-state index in [9.17, 15) is 14.9 Å². The molecule has 0 fully saturated rings. The Bertz CT molecular complexity index is 498. The summed E-state index contributed by atoms with van der Waals surface area (Å²) >= 11 is 2.52. The normalized spacial score (nSPS) is 11.9. The molecule has 0 saturated carbocycles. The summed E-state index contributed by atoms with van der Waals surface area (Å²) in [5.41, 5.74) is 0.685. The summed E-state index contributed by atoms with van der Waals surface area (Å²) in [7, 11) is 0. The molecule has 1 rings (SSSR count). The van der Waals surface area contributed by atoms with E-state index in [0.29, 0.717) is 10.5 Å². The van der Waals surface area contributed by atoms with E-state index in [1.165, 1.54) is 12.1 Å². The van der Waals surface area contributed by atoms with Crippen molar-refractivity contribution in [2.75, 3.05) is 4.43 Å². The van der Waals surface area contributed by atoms with Crippen molar-refractivity contribution in [2.24, 2.45) is 0 Å². The maximum atomic E-state index is 11.6. The Labute approximate surface area is 131 Å². The van der Waals surface area contributed by atoms with Crippen molar-refractivity contribution in [3.05, 3.63) is 33.9 Å². The third-order valence-corrected chi connectivity index (χ3v) is 3.79. The molecule has 1 N–H and O–H groups in total. The van der Waals surface area contributed by atoms with Gasteiger partial charge in [-0.05, 0) is 30.7 Å². The van der Waals surface area contributed by atoms with Gasteiger partial charge in [-0.3, -0.25) is 10.1 Å². The summed E-state index contributed by atoms with van der Waals surface area (Å²) in [6.45, 7) is 1.71. The summed E-state index contributed by atoms with van der Waals surface area (Å²) in [6, 6.07) is 3.15. The van der Waals surface area contributed by atoms with Gasteiger partial charge in [-0.2, -0.15) is 0 Å². The zero-order valence-corrected chi connectivity index (χ0v) is 13.1. The molecule has 10 heteroatoms. The highest BCUT2D eigenvalue weighted by Gasteiger charge is 2.30. The number of nitrogens with zero attached hydrogens (tertiary/aromatic N) is 1. The van der Waals surface area contributed by atoms with Gasteiger partial charge < -0.3 is 4.74 Å². The molecule has 0 heterocycles. The Balaban J connectivity index is 2.76. The van der Waals surface area contributed by atoms with E-state index in [1.54, 1.807) is 35.6 Å². The standard InChI is InChI=1S/C10H10INO7S/c1-6-4-7(2-3-9(6)20-19-18-16)17-10(13)8(5-11)12(14)15/h2-4,8,16H,5H2,1H3. The smallest absolute Gasteiger partial charge is 0.387 e. The molecule has 0 aliphatic heterocycles. The molecule has 0 bridgehead atoms. The predicted octanol–water partition coefficient (Wildman–Crippen LogP) is 2.41. The van der Waals surface area contributed by atoms with Gasteiger partial charge in [0.2, 0.25) is 0 Å². The fourth-order valence-corrected chi connectivity index (χ4v) is 2.32. The Kier molecular flexibility index (Phi) is 7.15. The number of carbonyl (C=O) groups is 1. The number of rotatable bonds is 7. The molecule has 0 saturated heterocycles. The van der Waals surface area contributed by atoms with Crippen molar-refractivity contribution in [2.45, 2.75) is 17.9 Å². The molecule has 1 aromatic carbocycles. The highest BCUT2D eigenvalue weighted by molar-refractivity contribution is 14.1. The minimum absolute atomic E-state index is 0.0260. The highest BCUT2D eigenvalue weighted by Crippen LogP contribution is 2.27. The van der Waals surface area contributed by atoms with Crippen LogP contribution >= 0.6 is 34.6 Å². The maximum absolute atomic E-state index is 11.6. The minimum atomic E-state index is -1.39. The quantitative estimate of drug-likeness (QED) is 0.106. The lowest BCUT2D eigenvalue weighted by atomic mass is 10.2. The van der Waals surface area contributed by atoms with E-state index in [4.69, 9.17) is 9.99 Å². The van der Waals surface area contributed by atoms with Crippen molar-refractivity contribution in [1.29, 1.82) is 0 Å². The van der Waals surface area contributed by atoms with Crippen LogP contribution in [0.2, 0.25) is 0 Å². The van der Waals surface area contributed by atoms with Gasteiger partial charge in [0.1, 0.15) is 5.75 Å². The van der Waals surface area contributed by atoms with Gasteiger partial charge in [-0.25, -0.2) is 10.1 Å². The molecule has 1 unspecified atom stereocenters. The number of aryl methyl sites for hydroxylation is 1. The van der Waals surface area contributed by atoms with Crippen LogP contribution in [0, 0.1) is 17.0 Å². The molecular formula is C10H10INO7S. The number of ether oxygens (including phenoxy) is 1. The van der Waals surface area contributed by atoms with Crippen LogP contribution in [0.4, 0.5) is 0 Å². The minimum Gasteiger partial charge on any atom is -0.421 e. The lowest BCUT2D eigenvalue weighted by Gasteiger charge is -2.09. The summed E-state index contributed by atoms with van der Waals surface area (Å²) in [5, 5.41) is 22.2. The predicted molar refractivity (Wildman–Crippen MR) is 77.1 cm³/mol. The number of nitro groups is 1. The zero-order chi connectivity index (χ0) is 15.1. The number of carbonyl (C=O) groups excluding carboxylic acids is 1. The zero-order valence-electron chi connectivity index (χ0n) is 10.1. The first-order valence-corrected chi connectivity index (χ1v) is 7.43. The van der Waals surface area contributed by atoms with E-state index in [-0.39, 0.29) is 10.2 Å². The first kappa shape index (κ1) is 17.1. The van der Waals surface area contributed by atoms with E-state index in [2.05, 4.69) is 9.37 Å². The van der Waals surface area contributed by atoms with E-state index in [0.717, 1.165) is 12.0 Å². The fourth-order valence-electron chi connectivity index (χ4n) is 1.22. The Hall–Kier alpha value is -0.950. The summed E-state index contributed by atoms with van der Waals surface area (Å²) in [4.78, 5) is 22.2. The Morgan fingerprint density at radius 3 is 2.80 bits per heavy atom. The molecule has 1 atom stereocenters. The van der Waals surface area contributed by atoms with E-state index >= 15 is 0 Å². The van der Waals surface area contributed by atoms with Crippen LogP contribution in [0.1, 0.15) is 5.56 Å². The molecule has 0 amide bonds. The lowest BCUT2D eigenvalue weighted by Crippen LogP contribution is -2.34. The number of esters is 1. The monoisotopic (exact) mass is 415 g/mol. The molecule has 110 valence electrons. The maximum Gasteiger partial charge on any atom is 0.387 e. The molecule has 1 aromatic rings. The van der Waals surface area contributed by atoms with E-state index < -0.39 is 16.9 Å². The van der Waals surface area contributed by atoms with Gasteiger partial charge in [0, 0.05) is 9.82 Å². The van der Waals surface area contributed by atoms with Crippen LogP contribution in [0.15, 0.2) is 23.1 Å². The summed E-state index contributed by atoms with van der Waals surface area (Å²) < 4.78 is 9.26. The SMILES string of the molecule is Cc1cc(OC(=O)C(CI)[N+](=O)[O-])ccc1SOOO. The molecule has 0 aromatic heterocycles. The molecule has 0 aliphatic rings. The van der Waals surface area contributed by atoms with Crippen LogP contribution in [-0.4, -0.2) is 26.6 Å². The molecular weight excluding hydrogens is 405 g/mol. The van der Waals surface area contributed by atoms with Crippen LogP contribution < -0.4 is 4.74 Å². The largest absolute Gasteiger partial charge is 0.421 e. The number of alkyl halides is 1. The Morgan fingerprint density at radius 2 is 2.30 bits per heavy atom. The van der Waals surface area contributed by atoms with Gasteiger partial charge in [0.25, 0.3) is 0 Å². The average Bonchev–Trinajstić information content (AvgIpc) is 2.38. The second-order valence-electron chi connectivity index (χ2n) is 3.53. The van der Waals surface area contributed by atoms with Crippen LogP contribution in [0.5, 0.6) is 5.75 Å². The fraction of sp³-hybridized carbons (Fsp3) is 0.300. The average molecular weight is 415 g/mol. The summed E-state index contributed by atoms with van der Waals surface area (Å²) in [6.07, 6.45) is 0. The molecule has 20 heavy (non-hydrogen) atoms. The molecule has 0 aliphatic carbocycles. The number of hydrogen-bond donors (Lipinski definition) is 1. The van der Waals surface area contributed by atoms with Gasteiger partial charge in [-0.1, -0.05) is 27.6 Å². The van der Waals surface area contributed by atoms with Gasteiger partial charge in [0.15, 0.2) is 0 Å². The first-order chi connectivity index (χ1) is 9.49. The topological polar surface area (TPSA) is 108 Å².